The summed E-state index contributed by atoms with van der Waals surface area (Å²) in [5.41, 5.74) is 2.21. The Kier molecular flexibility index (Phi) is 6.13. The number of aryl methyl sites for hydroxylation is 1. The molecule has 0 saturated heterocycles. The van der Waals surface area contributed by atoms with Crippen molar-refractivity contribution in [1.82, 2.24) is 9.66 Å². The molecule has 4 rings (SSSR count). The molecule has 32 heavy (non-hydrogen) atoms. The number of nitrogens with zero attached hydrogens (tertiary/aromatic N) is 3. The minimum absolute atomic E-state index is 0.230. The quantitative estimate of drug-likeness (QED) is 0.397. The second-order valence-electron chi connectivity index (χ2n) is 7.05. The van der Waals surface area contributed by atoms with Crippen molar-refractivity contribution in [2.45, 2.75) is 13.5 Å². The number of hydrogen-bond donors (Lipinski definition) is 1. The molecule has 0 bridgehead atoms. The fourth-order valence-corrected chi connectivity index (χ4v) is 3.48. The molecule has 8 heteroatoms. The molecule has 0 aliphatic heterocycles. The third-order valence-electron chi connectivity index (χ3n) is 4.76. The molecule has 4 aromatic rings. The molecule has 0 amide bonds. The lowest BCUT2D eigenvalue weighted by atomic mass is 10.1. The van der Waals surface area contributed by atoms with Crippen molar-refractivity contribution in [1.29, 1.82) is 0 Å². The molecule has 0 spiro atoms. The van der Waals surface area contributed by atoms with E-state index in [0.717, 1.165) is 15.6 Å². The lowest BCUT2D eigenvalue weighted by molar-refractivity contribution is 0.0697. The summed E-state index contributed by atoms with van der Waals surface area (Å²) in [6, 6.07) is 19.2. The number of carbonyl (C=O) groups is 1. The van der Waals surface area contributed by atoms with E-state index in [-0.39, 0.29) is 11.1 Å². The van der Waals surface area contributed by atoms with Crippen molar-refractivity contribution in [3.8, 4) is 5.75 Å². The highest BCUT2D eigenvalue weighted by molar-refractivity contribution is 9.10. The number of halogens is 1. The Balaban J connectivity index is 1.53. The molecule has 0 radical (unpaired) electrons. The van der Waals surface area contributed by atoms with Gasteiger partial charge in [0.05, 0.1) is 22.7 Å². The number of carboxylic acid groups (broad SMARTS) is 1. The zero-order chi connectivity index (χ0) is 22.7. The summed E-state index contributed by atoms with van der Waals surface area (Å²) in [4.78, 5) is 28.2. The van der Waals surface area contributed by atoms with E-state index in [2.05, 4.69) is 26.0 Å². The van der Waals surface area contributed by atoms with Crippen LogP contribution in [0.1, 0.15) is 27.3 Å². The standard InChI is InChI=1S/C24H18BrN3O4/c1-15-27-22-10-9-19(25)12-21(22)23(29)28(15)26-13-17-3-2-4-20(11-17)32-14-16-5-7-18(8-6-16)24(30)31/h2-13H,14H2,1H3,(H,30,31). The van der Waals surface area contributed by atoms with Crippen molar-refractivity contribution in [2.75, 3.05) is 0 Å². The van der Waals surface area contributed by atoms with Gasteiger partial charge in [0.25, 0.3) is 5.56 Å². The highest BCUT2D eigenvalue weighted by atomic mass is 79.9. The van der Waals surface area contributed by atoms with Gasteiger partial charge in [-0.2, -0.15) is 9.78 Å². The summed E-state index contributed by atoms with van der Waals surface area (Å²) >= 11 is 3.38. The summed E-state index contributed by atoms with van der Waals surface area (Å²) < 4.78 is 7.88. The molecule has 0 atom stereocenters. The van der Waals surface area contributed by atoms with E-state index in [1.165, 1.54) is 4.68 Å². The highest BCUT2D eigenvalue weighted by Gasteiger charge is 2.08. The number of aromatic nitrogens is 2. The summed E-state index contributed by atoms with van der Waals surface area (Å²) in [7, 11) is 0. The Hall–Kier alpha value is -3.78. The van der Waals surface area contributed by atoms with Crippen molar-refractivity contribution in [2.24, 2.45) is 5.10 Å². The van der Waals surface area contributed by atoms with Crippen LogP contribution in [-0.4, -0.2) is 27.0 Å². The predicted molar refractivity (Wildman–Crippen MR) is 126 cm³/mol. The van der Waals surface area contributed by atoms with Gasteiger partial charge in [-0.15, -0.1) is 0 Å². The number of benzene rings is 3. The second-order valence-corrected chi connectivity index (χ2v) is 7.96. The van der Waals surface area contributed by atoms with Crippen molar-refractivity contribution in [3.05, 3.63) is 104 Å². The van der Waals surface area contributed by atoms with Gasteiger partial charge in [0.2, 0.25) is 0 Å². The molecular formula is C24H18BrN3O4. The first kappa shape index (κ1) is 21.5. The number of hydrogen-bond acceptors (Lipinski definition) is 5. The predicted octanol–water partition coefficient (Wildman–Crippen LogP) is 4.63. The van der Waals surface area contributed by atoms with Gasteiger partial charge in [-0.3, -0.25) is 4.79 Å². The molecule has 0 fully saturated rings. The van der Waals surface area contributed by atoms with Crippen LogP contribution in [0.25, 0.3) is 10.9 Å². The average molecular weight is 492 g/mol. The van der Waals surface area contributed by atoms with Gasteiger partial charge >= 0.3 is 5.97 Å². The van der Waals surface area contributed by atoms with Gasteiger partial charge in [0.1, 0.15) is 18.2 Å². The monoisotopic (exact) mass is 491 g/mol. The fraction of sp³-hybridized carbons (Fsp3) is 0.0833. The largest absolute Gasteiger partial charge is 0.489 e. The minimum Gasteiger partial charge on any atom is -0.489 e. The Morgan fingerprint density at radius 2 is 1.94 bits per heavy atom. The van der Waals surface area contributed by atoms with Crippen LogP contribution in [0.2, 0.25) is 0 Å². The lowest BCUT2D eigenvalue weighted by Gasteiger charge is -2.08. The molecule has 0 unspecified atom stereocenters. The molecule has 7 nitrogen and oxygen atoms in total. The van der Waals surface area contributed by atoms with E-state index in [0.29, 0.717) is 29.1 Å². The van der Waals surface area contributed by atoms with Crippen molar-refractivity contribution in [3.63, 3.8) is 0 Å². The first-order chi connectivity index (χ1) is 15.4. The molecule has 1 heterocycles. The highest BCUT2D eigenvalue weighted by Crippen LogP contribution is 2.17. The third kappa shape index (κ3) is 4.76. The second kappa shape index (κ2) is 9.15. The SMILES string of the molecule is Cc1nc2ccc(Br)cc2c(=O)n1N=Cc1cccc(OCc2ccc(C(=O)O)cc2)c1. The van der Waals surface area contributed by atoms with Crippen LogP contribution in [0.4, 0.5) is 0 Å². The summed E-state index contributed by atoms with van der Waals surface area (Å²) in [6.45, 7) is 2.03. The van der Waals surface area contributed by atoms with Crippen LogP contribution in [0.5, 0.6) is 5.75 Å². The van der Waals surface area contributed by atoms with Crippen molar-refractivity contribution < 1.29 is 14.6 Å². The van der Waals surface area contributed by atoms with E-state index in [4.69, 9.17) is 9.84 Å². The van der Waals surface area contributed by atoms with Gasteiger partial charge in [-0.05, 0) is 60.5 Å². The average Bonchev–Trinajstić information content (AvgIpc) is 2.79. The van der Waals surface area contributed by atoms with Crippen LogP contribution in [0.15, 0.2) is 81.1 Å². The zero-order valence-electron chi connectivity index (χ0n) is 17.0. The maximum Gasteiger partial charge on any atom is 0.335 e. The Morgan fingerprint density at radius 1 is 1.16 bits per heavy atom. The first-order valence-electron chi connectivity index (χ1n) is 9.69. The fourth-order valence-electron chi connectivity index (χ4n) is 3.12. The molecule has 3 aromatic carbocycles. The topological polar surface area (TPSA) is 93.8 Å². The molecular weight excluding hydrogens is 474 g/mol. The Morgan fingerprint density at radius 3 is 2.69 bits per heavy atom. The number of ether oxygens (including phenoxy) is 1. The molecule has 1 N–H and O–H groups in total. The number of rotatable bonds is 6. The maximum absolute atomic E-state index is 12.8. The van der Waals surface area contributed by atoms with Gasteiger partial charge < -0.3 is 9.84 Å². The molecule has 0 aliphatic rings. The van der Waals surface area contributed by atoms with E-state index in [9.17, 15) is 9.59 Å². The van der Waals surface area contributed by atoms with E-state index < -0.39 is 5.97 Å². The van der Waals surface area contributed by atoms with Crippen LogP contribution in [0, 0.1) is 6.92 Å². The lowest BCUT2D eigenvalue weighted by Crippen LogP contribution is -2.20. The van der Waals surface area contributed by atoms with Gasteiger partial charge in [0.15, 0.2) is 0 Å². The van der Waals surface area contributed by atoms with Gasteiger partial charge in [0, 0.05) is 4.47 Å². The first-order valence-corrected chi connectivity index (χ1v) is 10.5. The Bertz CT molecular complexity index is 1400. The van der Waals surface area contributed by atoms with Crippen molar-refractivity contribution >= 4 is 39.0 Å². The summed E-state index contributed by atoms with van der Waals surface area (Å²) in [6.07, 6.45) is 1.58. The van der Waals surface area contributed by atoms with E-state index in [1.807, 2.05) is 24.3 Å². The maximum atomic E-state index is 12.8. The molecule has 0 aliphatic carbocycles. The molecule has 0 saturated carbocycles. The third-order valence-corrected chi connectivity index (χ3v) is 5.25. The van der Waals surface area contributed by atoms with Crippen LogP contribution in [-0.2, 0) is 6.61 Å². The number of aromatic carboxylic acids is 1. The summed E-state index contributed by atoms with van der Waals surface area (Å²) in [5, 5.41) is 13.8. The molecule has 160 valence electrons. The van der Waals surface area contributed by atoms with Crippen LogP contribution >= 0.6 is 15.9 Å². The van der Waals surface area contributed by atoms with E-state index in [1.54, 1.807) is 55.6 Å². The Labute approximate surface area is 191 Å². The smallest absolute Gasteiger partial charge is 0.335 e. The minimum atomic E-state index is -0.965. The van der Waals surface area contributed by atoms with Crippen LogP contribution in [0.3, 0.4) is 0 Å². The van der Waals surface area contributed by atoms with Gasteiger partial charge in [-0.25, -0.2) is 9.78 Å². The summed E-state index contributed by atoms with van der Waals surface area (Å²) in [5.74, 6) is 0.146. The number of carboxylic acids is 1. The van der Waals surface area contributed by atoms with E-state index >= 15 is 0 Å². The zero-order valence-corrected chi connectivity index (χ0v) is 18.6. The molecule has 1 aromatic heterocycles. The van der Waals surface area contributed by atoms with Crippen LogP contribution < -0.4 is 10.3 Å². The van der Waals surface area contributed by atoms with Gasteiger partial charge in [-0.1, -0.05) is 40.2 Å². The number of fused-ring (bicyclic) bond motifs is 1. The normalized spacial score (nSPS) is 11.2.